The summed E-state index contributed by atoms with van der Waals surface area (Å²) in [4.78, 5) is 7.96. The second kappa shape index (κ2) is 5.21. The molecule has 0 radical (unpaired) electrons. The lowest BCUT2D eigenvalue weighted by atomic mass is 10.3. The van der Waals surface area contributed by atoms with Crippen LogP contribution >= 0.6 is 0 Å². The Hall–Kier alpha value is -1.75. The van der Waals surface area contributed by atoms with E-state index in [0.717, 1.165) is 19.5 Å². The molecule has 0 saturated heterocycles. The molecule has 0 fully saturated rings. The maximum atomic E-state index is 4.87. The van der Waals surface area contributed by atoms with E-state index in [4.69, 9.17) is 4.52 Å². The van der Waals surface area contributed by atoms with Crippen molar-refractivity contribution in [3.63, 3.8) is 0 Å². The molecular formula is C10H12N4O. The first-order valence-electron chi connectivity index (χ1n) is 4.80. The van der Waals surface area contributed by atoms with Crippen molar-refractivity contribution in [3.05, 3.63) is 42.3 Å². The van der Waals surface area contributed by atoms with E-state index in [1.54, 1.807) is 6.20 Å². The first kappa shape index (κ1) is 9.79. The Morgan fingerprint density at radius 1 is 1.40 bits per heavy atom. The minimum atomic E-state index is 0.661. The predicted octanol–water partition coefficient (Wildman–Crippen LogP) is 0.797. The summed E-state index contributed by atoms with van der Waals surface area (Å²) in [6.07, 6.45) is 5.78. The summed E-state index contributed by atoms with van der Waals surface area (Å²) in [5.74, 6) is 0.661. The fourth-order valence-corrected chi connectivity index (χ4v) is 1.24. The van der Waals surface area contributed by atoms with Gasteiger partial charge in [-0.2, -0.15) is 4.98 Å². The number of hydrogen-bond acceptors (Lipinski definition) is 5. The van der Waals surface area contributed by atoms with Crippen LogP contribution in [-0.4, -0.2) is 21.7 Å². The van der Waals surface area contributed by atoms with Crippen LogP contribution in [-0.2, 0) is 13.0 Å². The van der Waals surface area contributed by atoms with Gasteiger partial charge in [-0.15, -0.1) is 0 Å². The van der Waals surface area contributed by atoms with Crippen molar-refractivity contribution in [2.24, 2.45) is 0 Å². The van der Waals surface area contributed by atoms with E-state index in [1.165, 1.54) is 11.9 Å². The lowest BCUT2D eigenvalue weighted by Crippen LogP contribution is -2.16. The number of nitrogens with one attached hydrogen (secondary N) is 1. The fourth-order valence-electron chi connectivity index (χ4n) is 1.24. The zero-order valence-electron chi connectivity index (χ0n) is 8.26. The Bertz CT molecular complexity index is 374. The van der Waals surface area contributed by atoms with Crippen LogP contribution in [0.15, 0.2) is 35.4 Å². The molecule has 0 saturated carbocycles. The molecule has 0 aliphatic carbocycles. The van der Waals surface area contributed by atoms with Gasteiger partial charge in [0.25, 0.3) is 0 Å². The molecule has 0 aliphatic rings. The maximum absolute atomic E-state index is 4.87. The summed E-state index contributed by atoms with van der Waals surface area (Å²) in [5.41, 5.74) is 1.17. The zero-order chi connectivity index (χ0) is 10.3. The van der Waals surface area contributed by atoms with Gasteiger partial charge in [-0.1, -0.05) is 11.2 Å². The maximum Gasteiger partial charge on any atom is 0.227 e. The van der Waals surface area contributed by atoms with Crippen LogP contribution in [0.5, 0.6) is 0 Å². The van der Waals surface area contributed by atoms with Crippen LogP contribution < -0.4 is 5.32 Å². The van der Waals surface area contributed by atoms with Crippen molar-refractivity contribution < 1.29 is 4.52 Å². The Kier molecular flexibility index (Phi) is 3.40. The Balaban J connectivity index is 1.68. The molecule has 2 aromatic heterocycles. The molecule has 2 rings (SSSR count). The van der Waals surface area contributed by atoms with Gasteiger partial charge in [-0.05, 0) is 11.6 Å². The molecule has 78 valence electrons. The number of pyridine rings is 1. The Labute approximate surface area is 87.5 Å². The van der Waals surface area contributed by atoms with E-state index in [1.807, 2.05) is 18.3 Å². The molecule has 0 spiro atoms. The fraction of sp³-hybridized carbons (Fsp3) is 0.300. The average molecular weight is 204 g/mol. The summed E-state index contributed by atoms with van der Waals surface area (Å²) in [5, 5.41) is 6.81. The topological polar surface area (TPSA) is 63.8 Å². The molecule has 0 amide bonds. The molecule has 2 aromatic rings. The van der Waals surface area contributed by atoms with E-state index >= 15 is 0 Å². The second-order valence-corrected chi connectivity index (χ2v) is 3.12. The molecule has 5 nitrogen and oxygen atoms in total. The summed E-state index contributed by atoms with van der Waals surface area (Å²) in [6.45, 7) is 1.62. The number of hydrogen-bond donors (Lipinski definition) is 1. The molecule has 0 unspecified atom stereocenters. The van der Waals surface area contributed by atoms with E-state index in [-0.39, 0.29) is 0 Å². The third kappa shape index (κ3) is 3.14. The zero-order valence-corrected chi connectivity index (χ0v) is 8.26. The Morgan fingerprint density at radius 2 is 2.40 bits per heavy atom. The average Bonchev–Trinajstić information content (AvgIpc) is 2.79. The van der Waals surface area contributed by atoms with Crippen LogP contribution in [0.4, 0.5) is 0 Å². The number of aromatic nitrogens is 3. The largest absolute Gasteiger partial charge is 0.340 e. The number of rotatable bonds is 5. The first-order chi connectivity index (χ1) is 7.45. The van der Waals surface area contributed by atoms with E-state index in [0.29, 0.717) is 5.89 Å². The van der Waals surface area contributed by atoms with Gasteiger partial charge in [0.15, 0.2) is 6.33 Å². The van der Waals surface area contributed by atoms with Gasteiger partial charge in [0.2, 0.25) is 5.89 Å². The van der Waals surface area contributed by atoms with Gasteiger partial charge in [0.05, 0.1) is 0 Å². The molecule has 0 atom stereocenters. The highest BCUT2D eigenvalue weighted by Crippen LogP contribution is 1.95. The highest BCUT2D eigenvalue weighted by atomic mass is 16.5. The molecule has 0 aliphatic heterocycles. The van der Waals surface area contributed by atoms with Gasteiger partial charge in [-0.25, -0.2) is 0 Å². The van der Waals surface area contributed by atoms with Crippen molar-refractivity contribution in [1.29, 1.82) is 0 Å². The Morgan fingerprint density at radius 3 is 3.13 bits per heavy atom. The van der Waals surface area contributed by atoms with Crippen molar-refractivity contribution in [2.75, 3.05) is 6.54 Å². The van der Waals surface area contributed by atoms with Crippen molar-refractivity contribution in [3.8, 4) is 0 Å². The highest BCUT2D eigenvalue weighted by Gasteiger charge is 1.97. The first-order valence-corrected chi connectivity index (χ1v) is 4.80. The lowest BCUT2D eigenvalue weighted by molar-refractivity contribution is 0.375. The lowest BCUT2D eigenvalue weighted by Gasteiger charge is -2.01. The molecule has 15 heavy (non-hydrogen) atoms. The van der Waals surface area contributed by atoms with Crippen molar-refractivity contribution in [2.45, 2.75) is 13.0 Å². The summed E-state index contributed by atoms with van der Waals surface area (Å²) in [7, 11) is 0. The standard InChI is InChI=1S/C10H12N4O/c1-2-9(6-11-4-1)7-12-5-3-10-13-8-14-15-10/h1-2,4,6,8,12H,3,5,7H2. The van der Waals surface area contributed by atoms with E-state index in [2.05, 4.69) is 20.4 Å². The quantitative estimate of drug-likeness (QED) is 0.730. The monoisotopic (exact) mass is 204 g/mol. The van der Waals surface area contributed by atoms with Crippen LogP contribution in [0.1, 0.15) is 11.5 Å². The van der Waals surface area contributed by atoms with Crippen LogP contribution in [0.3, 0.4) is 0 Å². The molecular weight excluding hydrogens is 192 g/mol. The third-order valence-electron chi connectivity index (χ3n) is 1.97. The van der Waals surface area contributed by atoms with Gasteiger partial charge in [-0.3, -0.25) is 4.98 Å². The molecule has 2 heterocycles. The molecule has 0 aromatic carbocycles. The minimum absolute atomic E-state index is 0.661. The minimum Gasteiger partial charge on any atom is -0.340 e. The van der Waals surface area contributed by atoms with E-state index < -0.39 is 0 Å². The second-order valence-electron chi connectivity index (χ2n) is 3.12. The molecule has 1 N–H and O–H groups in total. The third-order valence-corrected chi connectivity index (χ3v) is 1.97. The van der Waals surface area contributed by atoms with Crippen LogP contribution in [0.2, 0.25) is 0 Å². The normalized spacial score (nSPS) is 10.4. The van der Waals surface area contributed by atoms with Gasteiger partial charge in [0.1, 0.15) is 0 Å². The SMILES string of the molecule is c1cncc(CNCCc2ncno2)c1. The van der Waals surface area contributed by atoms with Crippen LogP contribution in [0, 0.1) is 0 Å². The van der Waals surface area contributed by atoms with Crippen molar-refractivity contribution in [1.82, 2.24) is 20.4 Å². The predicted molar refractivity (Wildman–Crippen MR) is 53.9 cm³/mol. The van der Waals surface area contributed by atoms with Crippen molar-refractivity contribution >= 4 is 0 Å². The number of nitrogens with zero attached hydrogens (tertiary/aromatic N) is 3. The van der Waals surface area contributed by atoms with Gasteiger partial charge >= 0.3 is 0 Å². The smallest absolute Gasteiger partial charge is 0.227 e. The van der Waals surface area contributed by atoms with Gasteiger partial charge in [0, 0.05) is 31.9 Å². The summed E-state index contributed by atoms with van der Waals surface area (Å²) < 4.78 is 4.87. The summed E-state index contributed by atoms with van der Waals surface area (Å²) >= 11 is 0. The molecule has 0 bridgehead atoms. The van der Waals surface area contributed by atoms with E-state index in [9.17, 15) is 0 Å². The summed E-state index contributed by atoms with van der Waals surface area (Å²) in [6, 6.07) is 3.96. The molecule has 5 heteroatoms. The highest BCUT2D eigenvalue weighted by molar-refractivity contribution is 5.07. The van der Waals surface area contributed by atoms with Gasteiger partial charge < -0.3 is 9.84 Å². The van der Waals surface area contributed by atoms with Crippen LogP contribution in [0.25, 0.3) is 0 Å².